The lowest BCUT2D eigenvalue weighted by molar-refractivity contribution is 0.108. The van der Waals surface area contributed by atoms with Crippen LogP contribution in [0.15, 0.2) is 48.3 Å². The van der Waals surface area contributed by atoms with Gasteiger partial charge < -0.3 is 25.4 Å². The van der Waals surface area contributed by atoms with Gasteiger partial charge in [-0.2, -0.15) is 4.98 Å². The van der Waals surface area contributed by atoms with Crippen LogP contribution in [0.25, 0.3) is 0 Å². The van der Waals surface area contributed by atoms with Gasteiger partial charge in [0.25, 0.3) is 0 Å². The van der Waals surface area contributed by atoms with E-state index >= 15 is 0 Å². The summed E-state index contributed by atoms with van der Waals surface area (Å²) in [6.07, 6.45) is 9.66. The van der Waals surface area contributed by atoms with Crippen molar-refractivity contribution in [1.29, 1.82) is 0 Å². The second-order valence-electron chi connectivity index (χ2n) is 11.2. The second-order valence-corrected chi connectivity index (χ2v) is 11.2. The highest BCUT2D eigenvalue weighted by Crippen LogP contribution is 2.37. The van der Waals surface area contributed by atoms with Crippen molar-refractivity contribution < 1.29 is 9.84 Å². The quantitative estimate of drug-likeness (QED) is 0.394. The summed E-state index contributed by atoms with van der Waals surface area (Å²) in [4.78, 5) is 12.1. The van der Waals surface area contributed by atoms with Crippen LogP contribution in [0.1, 0.15) is 69.0 Å². The Balaban J connectivity index is 1.30. The molecule has 8 nitrogen and oxygen atoms in total. The summed E-state index contributed by atoms with van der Waals surface area (Å²) in [6, 6.07) is 8.81. The smallest absolute Gasteiger partial charge is 0.225 e. The van der Waals surface area contributed by atoms with Crippen molar-refractivity contribution in [3.63, 3.8) is 0 Å². The Hall–Kier alpha value is -2.94. The molecule has 4 atom stereocenters. The third-order valence-electron chi connectivity index (χ3n) is 8.02. The molecular formula is C30H42N6O2. The van der Waals surface area contributed by atoms with E-state index in [9.17, 15) is 5.11 Å². The maximum absolute atomic E-state index is 10.9. The summed E-state index contributed by atoms with van der Waals surface area (Å²) >= 11 is 0. The van der Waals surface area contributed by atoms with Crippen LogP contribution < -0.4 is 16.0 Å². The van der Waals surface area contributed by atoms with Gasteiger partial charge in [-0.3, -0.25) is 5.32 Å². The molecule has 0 saturated carbocycles. The second kappa shape index (κ2) is 11.8. The van der Waals surface area contributed by atoms with E-state index in [2.05, 4.69) is 91.2 Å². The van der Waals surface area contributed by atoms with E-state index in [1.54, 1.807) is 0 Å². The zero-order valence-corrected chi connectivity index (χ0v) is 23.1. The van der Waals surface area contributed by atoms with Gasteiger partial charge in [-0.1, -0.05) is 32.1 Å². The molecule has 0 bridgehead atoms. The van der Waals surface area contributed by atoms with Crippen molar-refractivity contribution in [2.45, 2.75) is 70.7 Å². The van der Waals surface area contributed by atoms with Crippen molar-refractivity contribution in [2.24, 2.45) is 5.92 Å². The van der Waals surface area contributed by atoms with Gasteiger partial charge in [-0.25, -0.2) is 4.98 Å². The molecule has 204 valence electrons. The first-order valence-electron chi connectivity index (χ1n) is 14.0. The predicted octanol–water partition coefficient (Wildman–Crippen LogP) is 4.85. The Morgan fingerprint density at radius 3 is 2.61 bits per heavy atom. The number of rotatable bonds is 8. The van der Waals surface area contributed by atoms with E-state index in [0.717, 1.165) is 61.5 Å². The van der Waals surface area contributed by atoms with Crippen LogP contribution in [0.5, 0.6) is 0 Å². The number of nitrogens with zero attached hydrogens (tertiary/aromatic N) is 3. The molecule has 5 rings (SSSR count). The van der Waals surface area contributed by atoms with E-state index in [1.165, 1.54) is 5.56 Å². The van der Waals surface area contributed by atoms with Gasteiger partial charge in [0.1, 0.15) is 17.8 Å². The standard InChI is InChI=1S/C30H42N6O2/c1-19-6-5-7-25(18-19)38-17-14-22-8-10-23(11-9-22)32-28-26-27(20(2)21(3)31-29(26)37)34-30(35-28)33-24-12-15-36(4)16-13-24/h5,7-11,18-21,24,29,31,37H,6,12-17H2,1-4H3,(H2,32,33,34,35). The molecule has 4 unspecified atom stereocenters. The summed E-state index contributed by atoms with van der Waals surface area (Å²) in [6.45, 7) is 9.21. The minimum absolute atomic E-state index is 0.112. The van der Waals surface area contributed by atoms with E-state index in [0.29, 0.717) is 30.3 Å². The number of fused-ring (bicyclic) bond motifs is 1. The average Bonchev–Trinajstić information content (AvgIpc) is 2.89. The lowest BCUT2D eigenvalue weighted by atomic mass is 9.90. The van der Waals surface area contributed by atoms with Crippen molar-refractivity contribution in [3.8, 4) is 0 Å². The van der Waals surface area contributed by atoms with Crippen LogP contribution in [-0.2, 0) is 11.2 Å². The number of piperidine rings is 1. The van der Waals surface area contributed by atoms with Crippen LogP contribution >= 0.6 is 0 Å². The molecule has 1 aromatic heterocycles. The summed E-state index contributed by atoms with van der Waals surface area (Å²) < 4.78 is 5.95. The molecule has 3 heterocycles. The molecule has 1 aromatic carbocycles. The molecule has 38 heavy (non-hydrogen) atoms. The Kier molecular flexibility index (Phi) is 8.31. The predicted molar refractivity (Wildman–Crippen MR) is 153 cm³/mol. The van der Waals surface area contributed by atoms with E-state index in [1.807, 2.05) is 0 Å². The highest BCUT2D eigenvalue weighted by atomic mass is 16.5. The molecule has 4 N–H and O–H groups in total. The monoisotopic (exact) mass is 518 g/mol. The number of allylic oxidation sites excluding steroid dienone is 3. The summed E-state index contributed by atoms with van der Waals surface area (Å²) in [5, 5.41) is 21.2. The highest BCUT2D eigenvalue weighted by Gasteiger charge is 2.33. The molecular weight excluding hydrogens is 476 g/mol. The van der Waals surface area contributed by atoms with Gasteiger partial charge >= 0.3 is 0 Å². The van der Waals surface area contributed by atoms with Crippen LogP contribution in [0.3, 0.4) is 0 Å². The summed E-state index contributed by atoms with van der Waals surface area (Å²) in [7, 11) is 2.16. The third kappa shape index (κ3) is 6.37. The van der Waals surface area contributed by atoms with Crippen LogP contribution in [0.4, 0.5) is 17.5 Å². The Labute approximate surface area is 226 Å². The van der Waals surface area contributed by atoms with Gasteiger partial charge in [0.2, 0.25) is 5.95 Å². The number of ether oxygens (including phenoxy) is 1. The van der Waals surface area contributed by atoms with Gasteiger partial charge in [-0.05, 0) is 82.1 Å². The van der Waals surface area contributed by atoms with Gasteiger partial charge in [0.15, 0.2) is 0 Å². The zero-order valence-electron chi connectivity index (χ0n) is 23.1. The summed E-state index contributed by atoms with van der Waals surface area (Å²) in [5.41, 5.74) is 3.75. The van der Waals surface area contributed by atoms with Crippen LogP contribution in [-0.4, -0.2) is 58.8 Å². The molecule has 3 aliphatic rings. The average molecular weight is 519 g/mol. The van der Waals surface area contributed by atoms with Crippen LogP contribution in [0, 0.1) is 5.92 Å². The topological polar surface area (TPSA) is 94.6 Å². The number of hydrogen-bond donors (Lipinski definition) is 4. The first-order valence-corrected chi connectivity index (χ1v) is 14.0. The van der Waals surface area contributed by atoms with E-state index in [4.69, 9.17) is 14.7 Å². The molecule has 8 heteroatoms. The molecule has 0 radical (unpaired) electrons. The maximum Gasteiger partial charge on any atom is 0.225 e. The van der Waals surface area contributed by atoms with E-state index < -0.39 is 6.23 Å². The van der Waals surface area contributed by atoms with Crippen molar-refractivity contribution >= 4 is 17.5 Å². The molecule has 2 aliphatic heterocycles. The SMILES string of the molecule is CC1C=C(OCCc2ccc(Nc3nc(NC4CCN(C)CC4)nc4c3C(O)NC(C)C4C)cc2)C=CC1. The number of hydrogen-bond acceptors (Lipinski definition) is 8. The molecule has 2 aromatic rings. The molecule has 1 fully saturated rings. The van der Waals surface area contributed by atoms with Gasteiger partial charge in [0, 0.05) is 30.1 Å². The maximum atomic E-state index is 10.9. The first kappa shape index (κ1) is 26.7. The minimum Gasteiger partial charge on any atom is -0.494 e. The first-order chi connectivity index (χ1) is 18.4. The normalized spacial score (nSPS) is 26.0. The Bertz CT molecular complexity index is 1160. The molecule has 0 amide bonds. The number of benzene rings is 1. The summed E-state index contributed by atoms with van der Waals surface area (Å²) in [5.74, 6) is 2.92. The number of likely N-dealkylation sites (tertiary alicyclic amines) is 1. The fourth-order valence-electron chi connectivity index (χ4n) is 5.39. The number of aliphatic hydroxyl groups is 1. The lowest BCUT2D eigenvalue weighted by Gasteiger charge is -2.34. The number of nitrogens with one attached hydrogen (secondary N) is 3. The number of aliphatic hydroxyl groups excluding tert-OH is 1. The van der Waals surface area contributed by atoms with Crippen molar-refractivity contribution in [2.75, 3.05) is 37.4 Å². The van der Waals surface area contributed by atoms with E-state index in [-0.39, 0.29) is 12.0 Å². The third-order valence-corrected chi connectivity index (χ3v) is 8.02. The fourth-order valence-corrected chi connectivity index (χ4v) is 5.39. The largest absolute Gasteiger partial charge is 0.494 e. The highest BCUT2D eigenvalue weighted by molar-refractivity contribution is 5.63. The van der Waals surface area contributed by atoms with Gasteiger partial charge in [0.05, 0.1) is 17.9 Å². The Morgan fingerprint density at radius 1 is 1.11 bits per heavy atom. The molecule has 0 spiro atoms. The fraction of sp³-hybridized carbons (Fsp3) is 0.533. The lowest BCUT2D eigenvalue weighted by Crippen LogP contribution is -2.41. The molecule has 1 saturated heterocycles. The minimum atomic E-state index is -0.821. The Morgan fingerprint density at radius 2 is 1.87 bits per heavy atom. The number of aromatic nitrogens is 2. The number of anilines is 3. The van der Waals surface area contributed by atoms with Gasteiger partial charge in [-0.15, -0.1) is 0 Å². The molecule has 1 aliphatic carbocycles. The van der Waals surface area contributed by atoms with Crippen molar-refractivity contribution in [1.82, 2.24) is 20.2 Å². The van der Waals surface area contributed by atoms with Crippen molar-refractivity contribution in [3.05, 3.63) is 65.1 Å². The van der Waals surface area contributed by atoms with Crippen LogP contribution in [0.2, 0.25) is 0 Å². The zero-order chi connectivity index (χ0) is 26.6.